The third-order valence-electron chi connectivity index (χ3n) is 4.24. The van der Waals surface area contributed by atoms with Crippen LogP contribution in [0.25, 0.3) is 0 Å². The molecule has 3 rings (SSSR count). The smallest absolute Gasteiger partial charge is 0.255 e. The molecule has 24 heavy (non-hydrogen) atoms. The van der Waals surface area contributed by atoms with Crippen LogP contribution in [0.2, 0.25) is 0 Å². The molecule has 0 spiro atoms. The van der Waals surface area contributed by atoms with E-state index in [0.29, 0.717) is 36.0 Å². The van der Waals surface area contributed by atoms with Gasteiger partial charge >= 0.3 is 0 Å². The Morgan fingerprint density at radius 2 is 1.96 bits per heavy atom. The minimum Gasteiger partial charge on any atom is -0.508 e. The van der Waals surface area contributed by atoms with Crippen molar-refractivity contribution in [2.24, 2.45) is 0 Å². The van der Waals surface area contributed by atoms with E-state index >= 15 is 0 Å². The van der Waals surface area contributed by atoms with Gasteiger partial charge in [0.25, 0.3) is 5.56 Å². The van der Waals surface area contributed by atoms with Gasteiger partial charge in [0, 0.05) is 38.2 Å². The van der Waals surface area contributed by atoms with Crippen molar-refractivity contribution in [2.45, 2.75) is 26.4 Å². The van der Waals surface area contributed by atoms with Crippen LogP contribution in [0.5, 0.6) is 17.2 Å². The number of nitrogens with zero attached hydrogens (tertiary/aromatic N) is 2. The highest BCUT2D eigenvalue weighted by Gasteiger charge is 2.23. The Morgan fingerprint density at radius 1 is 1.29 bits per heavy atom. The van der Waals surface area contributed by atoms with Gasteiger partial charge in [-0.05, 0) is 6.92 Å². The molecule has 0 radical (unpaired) electrons. The molecule has 0 aliphatic carbocycles. The lowest BCUT2D eigenvalue weighted by atomic mass is 10.0. The number of aromatic amines is 1. The second-order valence-electron chi connectivity index (χ2n) is 5.87. The van der Waals surface area contributed by atoms with Gasteiger partial charge in [0.15, 0.2) is 0 Å². The molecule has 0 atom stereocenters. The number of nitrogens with one attached hydrogen (secondary N) is 1. The zero-order valence-electron chi connectivity index (χ0n) is 14.0. The molecule has 0 saturated carbocycles. The molecule has 1 aromatic carbocycles. The van der Waals surface area contributed by atoms with Gasteiger partial charge in [0.1, 0.15) is 23.1 Å². The zero-order valence-corrected chi connectivity index (χ0v) is 14.0. The van der Waals surface area contributed by atoms with Crippen molar-refractivity contribution in [2.75, 3.05) is 20.8 Å². The van der Waals surface area contributed by atoms with Crippen molar-refractivity contribution < 1.29 is 14.6 Å². The summed E-state index contributed by atoms with van der Waals surface area (Å²) >= 11 is 0. The lowest BCUT2D eigenvalue weighted by Gasteiger charge is -2.28. The first kappa shape index (κ1) is 16.3. The number of rotatable bonds is 4. The summed E-state index contributed by atoms with van der Waals surface area (Å²) in [5.74, 6) is 1.86. The molecule has 7 heteroatoms. The molecule has 128 valence electrons. The number of benzene rings is 1. The van der Waals surface area contributed by atoms with Crippen molar-refractivity contribution in [1.29, 1.82) is 0 Å². The van der Waals surface area contributed by atoms with Crippen LogP contribution in [0.3, 0.4) is 0 Å². The molecule has 0 amide bonds. The molecule has 1 aliphatic heterocycles. The van der Waals surface area contributed by atoms with E-state index in [2.05, 4.69) is 14.9 Å². The second-order valence-corrected chi connectivity index (χ2v) is 5.87. The normalized spacial score (nSPS) is 14.3. The highest BCUT2D eigenvalue weighted by atomic mass is 16.5. The van der Waals surface area contributed by atoms with Crippen LogP contribution in [0, 0.1) is 6.92 Å². The van der Waals surface area contributed by atoms with E-state index in [0.717, 1.165) is 24.2 Å². The number of aromatic nitrogens is 2. The molecule has 0 unspecified atom stereocenters. The Morgan fingerprint density at radius 3 is 2.58 bits per heavy atom. The minimum absolute atomic E-state index is 0.0770. The molecule has 0 fully saturated rings. The second kappa shape index (κ2) is 6.52. The zero-order chi connectivity index (χ0) is 17.3. The summed E-state index contributed by atoms with van der Waals surface area (Å²) in [4.78, 5) is 21.5. The predicted molar refractivity (Wildman–Crippen MR) is 88.6 cm³/mol. The van der Waals surface area contributed by atoms with Crippen LogP contribution in [-0.2, 0) is 19.5 Å². The first-order valence-electron chi connectivity index (χ1n) is 7.76. The third-order valence-corrected chi connectivity index (χ3v) is 4.24. The number of fused-ring (bicyclic) bond motifs is 1. The van der Waals surface area contributed by atoms with E-state index in [1.807, 2.05) is 0 Å². The van der Waals surface area contributed by atoms with Gasteiger partial charge in [-0.15, -0.1) is 0 Å². The van der Waals surface area contributed by atoms with Crippen molar-refractivity contribution in [1.82, 2.24) is 14.9 Å². The SMILES string of the molecule is COc1cc(O)cc(OC)c1CN1CCc2nc(C)[nH]c(=O)c2C1. The van der Waals surface area contributed by atoms with Gasteiger partial charge in [-0.2, -0.15) is 0 Å². The largest absolute Gasteiger partial charge is 0.508 e. The molecule has 0 saturated heterocycles. The Balaban J connectivity index is 1.89. The van der Waals surface area contributed by atoms with E-state index in [4.69, 9.17) is 9.47 Å². The molecule has 7 nitrogen and oxygen atoms in total. The first-order chi connectivity index (χ1) is 11.5. The highest BCUT2D eigenvalue weighted by molar-refractivity contribution is 5.50. The van der Waals surface area contributed by atoms with Crippen molar-refractivity contribution in [3.05, 3.63) is 45.1 Å². The van der Waals surface area contributed by atoms with Crippen LogP contribution in [0.15, 0.2) is 16.9 Å². The monoisotopic (exact) mass is 331 g/mol. The van der Waals surface area contributed by atoms with Crippen LogP contribution in [-0.4, -0.2) is 40.7 Å². The molecule has 1 aliphatic rings. The standard InChI is InChI=1S/C17H21N3O4/c1-10-18-14-4-5-20(8-12(14)17(22)19-10)9-13-15(23-2)6-11(21)7-16(13)24-3/h6-7,21H,4-5,8-9H2,1-3H3,(H,18,19,22). The summed E-state index contributed by atoms with van der Waals surface area (Å²) in [5.41, 5.74) is 2.35. The number of phenolic OH excluding ortho intramolecular Hbond substituents is 1. The summed E-state index contributed by atoms with van der Waals surface area (Å²) in [5, 5.41) is 9.75. The fourth-order valence-corrected chi connectivity index (χ4v) is 3.09. The Kier molecular flexibility index (Phi) is 4.44. The summed E-state index contributed by atoms with van der Waals surface area (Å²) < 4.78 is 10.7. The average Bonchev–Trinajstić information content (AvgIpc) is 2.56. The fourth-order valence-electron chi connectivity index (χ4n) is 3.09. The van der Waals surface area contributed by atoms with Gasteiger partial charge < -0.3 is 19.6 Å². The molecule has 0 bridgehead atoms. The molecule has 1 aromatic heterocycles. The van der Waals surface area contributed by atoms with Crippen LogP contribution in [0.4, 0.5) is 0 Å². The Hall–Kier alpha value is -2.54. The van der Waals surface area contributed by atoms with Crippen molar-refractivity contribution in [3.63, 3.8) is 0 Å². The topological polar surface area (TPSA) is 87.7 Å². The van der Waals surface area contributed by atoms with Gasteiger partial charge in [-0.25, -0.2) is 4.98 Å². The quantitative estimate of drug-likeness (QED) is 0.879. The summed E-state index contributed by atoms with van der Waals surface area (Å²) in [7, 11) is 3.11. The highest BCUT2D eigenvalue weighted by Crippen LogP contribution is 2.35. The van der Waals surface area contributed by atoms with E-state index < -0.39 is 0 Å². The fraction of sp³-hybridized carbons (Fsp3) is 0.412. The van der Waals surface area contributed by atoms with Crippen LogP contribution in [0.1, 0.15) is 22.6 Å². The summed E-state index contributed by atoms with van der Waals surface area (Å²) in [6.07, 6.45) is 0.725. The van der Waals surface area contributed by atoms with Gasteiger partial charge in [0.2, 0.25) is 0 Å². The lowest BCUT2D eigenvalue weighted by molar-refractivity contribution is 0.233. The van der Waals surface area contributed by atoms with E-state index in [-0.39, 0.29) is 11.3 Å². The van der Waals surface area contributed by atoms with Crippen LogP contribution < -0.4 is 15.0 Å². The number of aromatic hydroxyl groups is 1. The number of H-pyrrole nitrogens is 1. The molecule has 2 heterocycles. The molecular weight excluding hydrogens is 310 g/mol. The lowest BCUT2D eigenvalue weighted by Crippen LogP contribution is -2.35. The maximum Gasteiger partial charge on any atom is 0.255 e. The molecule has 2 N–H and O–H groups in total. The van der Waals surface area contributed by atoms with Crippen molar-refractivity contribution >= 4 is 0 Å². The number of methoxy groups -OCH3 is 2. The van der Waals surface area contributed by atoms with E-state index in [9.17, 15) is 9.90 Å². The number of hydrogen-bond acceptors (Lipinski definition) is 6. The number of phenols is 1. The maximum atomic E-state index is 12.2. The predicted octanol–water partition coefficient (Wildman–Crippen LogP) is 1.36. The van der Waals surface area contributed by atoms with Gasteiger partial charge in [-0.3, -0.25) is 9.69 Å². The summed E-state index contributed by atoms with van der Waals surface area (Å²) in [6.45, 7) is 3.65. The molecular formula is C17H21N3O4. The molecule has 2 aromatic rings. The number of aryl methyl sites for hydroxylation is 1. The maximum absolute atomic E-state index is 12.2. The first-order valence-corrected chi connectivity index (χ1v) is 7.76. The van der Waals surface area contributed by atoms with Crippen LogP contribution >= 0.6 is 0 Å². The average molecular weight is 331 g/mol. The Bertz CT molecular complexity index is 791. The third kappa shape index (κ3) is 3.07. The summed E-state index contributed by atoms with van der Waals surface area (Å²) in [6, 6.07) is 3.13. The minimum atomic E-state index is -0.0770. The van der Waals surface area contributed by atoms with Crippen molar-refractivity contribution in [3.8, 4) is 17.2 Å². The van der Waals surface area contributed by atoms with Gasteiger partial charge in [-0.1, -0.05) is 0 Å². The number of hydrogen-bond donors (Lipinski definition) is 2. The Labute approximate surface area is 139 Å². The van der Waals surface area contributed by atoms with E-state index in [1.54, 1.807) is 33.3 Å². The number of ether oxygens (including phenoxy) is 2. The van der Waals surface area contributed by atoms with E-state index in [1.165, 1.54) is 0 Å². The van der Waals surface area contributed by atoms with Gasteiger partial charge in [0.05, 0.1) is 31.0 Å².